The van der Waals surface area contributed by atoms with Gasteiger partial charge in [-0.3, -0.25) is 0 Å². The van der Waals surface area contributed by atoms with Gasteiger partial charge >= 0.3 is 0 Å². The van der Waals surface area contributed by atoms with Crippen LogP contribution in [-0.2, 0) is 0 Å². The Hall–Kier alpha value is -6.62. The van der Waals surface area contributed by atoms with Gasteiger partial charge in [-0.05, 0) is 101 Å². The molecule has 10 aromatic rings. The van der Waals surface area contributed by atoms with Crippen LogP contribution in [-0.4, -0.2) is 4.57 Å². The van der Waals surface area contributed by atoms with Crippen LogP contribution in [0.5, 0.6) is 0 Å². The molecule has 0 aliphatic carbocycles. The number of rotatable bonds is 7. The van der Waals surface area contributed by atoms with Crippen LogP contribution in [0.1, 0.15) is 0 Å². The molecule has 7 aromatic carbocycles. The Kier molecular flexibility index (Phi) is 7.33. The van der Waals surface area contributed by atoms with Crippen molar-refractivity contribution in [1.29, 1.82) is 0 Å². The van der Waals surface area contributed by atoms with Gasteiger partial charge in [0.05, 0.1) is 5.52 Å². The molecule has 0 saturated carbocycles. The summed E-state index contributed by atoms with van der Waals surface area (Å²) < 4.78 is 8.88. The molecular formula is C48H32N2OS. The summed E-state index contributed by atoms with van der Waals surface area (Å²) in [6.45, 7) is 0. The SMILES string of the molecule is c1ccc(-c2ccc(N(c3ccc(-c4ccc5c(c4)c4oc6ccccc6c4n5-c4ccccc4)cc3)c3ccc(-c4ccccc4)s3)cc2)cc1. The number of para-hydroxylation sites is 2. The van der Waals surface area contributed by atoms with Crippen molar-refractivity contribution in [1.82, 2.24) is 4.57 Å². The van der Waals surface area contributed by atoms with E-state index in [0.717, 1.165) is 66.2 Å². The minimum absolute atomic E-state index is 0.898. The van der Waals surface area contributed by atoms with Gasteiger partial charge in [-0.15, -0.1) is 11.3 Å². The fourth-order valence-electron chi connectivity index (χ4n) is 7.34. The molecule has 0 spiro atoms. The number of thiophene rings is 1. The van der Waals surface area contributed by atoms with Gasteiger partial charge in [-0.1, -0.05) is 121 Å². The van der Waals surface area contributed by atoms with Crippen LogP contribution in [0.2, 0.25) is 0 Å². The molecule has 3 heterocycles. The van der Waals surface area contributed by atoms with E-state index < -0.39 is 0 Å². The average molecular weight is 685 g/mol. The van der Waals surface area contributed by atoms with Crippen LogP contribution < -0.4 is 4.90 Å². The average Bonchev–Trinajstić information content (AvgIpc) is 3.94. The Morgan fingerprint density at radius 1 is 0.442 bits per heavy atom. The van der Waals surface area contributed by atoms with Crippen LogP contribution >= 0.6 is 11.3 Å². The van der Waals surface area contributed by atoms with Crippen molar-refractivity contribution in [3.05, 3.63) is 194 Å². The summed E-state index contributed by atoms with van der Waals surface area (Å²) in [4.78, 5) is 3.60. The fraction of sp³-hybridized carbons (Fsp3) is 0. The molecule has 0 aliphatic rings. The highest BCUT2D eigenvalue weighted by atomic mass is 32.1. The summed E-state index contributed by atoms with van der Waals surface area (Å²) in [7, 11) is 0. The molecule has 0 aliphatic heterocycles. The maximum Gasteiger partial charge on any atom is 0.161 e. The van der Waals surface area contributed by atoms with Gasteiger partial charge < -0.3 is 13.9 Å². The molecule has 0 unspecified atom stereocenters. The molecule has 52 heavy (non-hydrogen) atoms. The molecule has 0 atom stereocenters. The first-order valence-electron chi connectivity index (χ1n) is 17.5. The fourth-order valence-corrected chi connectivity index (χ4v) is 8.39. The predicted octanol–water partition coefficient (Wildman–Crippen LogP) is 14.1. The molecule has 10 rings (SSSR count). The van der Waals surface area contributed by atoms with E-state index >= 15 is 0 Å². The predicted molar refractivity (Wildman–Crippen MR) is 219 cm³/mol. The summed E-state index contributed by atoms with van der Waals surface area (Å²) in [5.74, 6) is 0. The number of fused-ring (bicyclic) bond motifs is 5. The third kappa shape index (κ3) is 5.20. The zero-order chi connectivity index (χ0) is 34.4. The second-order valence-electron chi connectivity index (χ2n) is 13.0. The van der Waals surface area contributed by atoms with Crippen LogP contribution in [0, 0.1) is 0 Å². The largest absolute Gasteiger partial charge is 0.454 e. The number of furan rings is 1. The molecular weight excluding hydrogens is 653 g/mol. The number of anilines is 3. The van der Waals surface area contributed by atoms with Crippen LogP contribution in [0.4, 0.5) is 16.4 Å². The van der Waals surface area contributed by atoms with Crippen molar-refractivity contribution in [3.63, 3.8) is 0 Å². The lowest BCUT2D eigenvalue weighted by Gasteiger charge is -2.24. The van der Waals surface area contributed by atoms with Gasteiger partial charge in [-0.2, -0.15) is 0 Å². The molecule has 0 bridgehead atoms. The van der Waals surface area contributed by atoms with Gasteiger partial charge in [0.15, 0.2) is 5.58 Å². The minimum atomic E-state index is 0.898. The highest BCUT2D eigenvalue weighted by Crippen LogP contribution is 2.44. The van der Waals surface area contributed by atoms with Crippen molar-refractivity contribution in [2.45, 2.75) is 0 Å². The Morgan fingerprint density at radius 3 is 1.69 bits per heavy atom. The van der Waals surface area contributed by atoms with E-state index in [0.29, 0.717) is 0 Å². The van der Waals surface area contributed by atoms with Crippen LogP contribution in [0.25, 0.3) is 71.4 Å². The molecule has 0 radical (unpaired) electrons. The third-order valence-electron chi connectivity index (χ3n) is 9.85. The summed E-state index contributed by atoms with van der Waals surface area (Å²) in [5, 5.41) is 3.38. The van der Waals surface area contributed by atoms with Crippen molar-refractivity contribution >= 4 is 60.7 Å². The molecule has 3 nitrogen and oxygen atoms in total. The van der Waals surface area contributed by atoms with Gasteiger partial charge in [-0.25, -0.2) is 0 Å². The molecule has 3 aromatic heterocycles. The molecule has 246 valence electrons. The molecule has 4 heteroatoms. The Bertz CT molecular complexity index is 2810. The Morgan fingerprint density at radius 2 is 1.00 bits per heavy atom. The van der Waals surface area contributed by atoms with E-state index in [4.69, 9.17) is 4.42 Å². The van der Waals surface area contributed by atoms with Crippen LogP contribution in [0.15, 0.2) is 199 Å². The summed E-state index contributed by atoms with van der Waals surface area (Å²) in [6.07, 6.45) is 0. The van der Waals surface area contributed by atoms with Gasteiger partial charge in [0, 0.05) is 32.7 Å². The normalized spacial score (nSPS) is 11.5. The summed E-state index contributed by atoms with van der Waals surface area (Å²) in [5.41, 5.74) is 13.3. The second-order valence-corrected chi connectivity index (χ2v) is 14.0. The number of benzene rings is 7. The zero-order valence-electron chi connectivity index (χ0n) is 28.2. The minimum Gasteiger partial charge on any atom is -0.454 e. The summed E-state index contributed by atoms with van der Waals surface area (Å²) >= 11 is 1.80. The topological polar surface area (TPSA) is 21.3 Å². The van der Waals surface area contributed by atoms with E-state index in [1.165, 1.54) is 21.6 Å². The summed E-state index contributed by atoms with van der Waals surface area (Å²) in [6, 6.07) is 69.0. The van der Waals surface area contributed by atoms with Crippen LogP contribution in [0.3, 0.4) is 0 Å². The second kappa shape index (κ2) is 12.6. The number of hydrogen-bond acceptors (Lipinski definition) is 3. The maximum absolute atomic E-state index is 6.55. The smallest absolute Gasteiger partial charge is 0.161 e. The van der Waals surface area contributed by atoms with Crippen molar-refractivity contribution < 1.29 is 4.42 Å². The van der Waals surface area contributed by atoms with Crippen molar-refractivity contribution in [2.24, 2.45) is 0 Å². The first-order chi connectivity index (χ1) is 25.8. The lowest BCUT2D eigenvalue weighted by atomic mass is 10.0. The number of nitrogens with zero attached hydrogens (tertiary/aromatic N) is 2. The third-order valence-corrected chi connectivity index (χ3v) is 11.0. The van der Waals surface area contributed by atoms with Gasteiger partial charge in [0.25, 0.3) is 0 Å². The highest BCUT2D eigenvalue weighted by Gasteiger charge is 2.20. The van der Waals surface area contributed by atoms with E-state index in [1.807, 2.05) is 6.07 Å². The van der Waals surface area contributed by atoms with E-state index in [-0.39, 0.29) is 0 Å². The molecule has 0 N–H and O–H groups in total. The zero-order valence-corrected chi connectivity index (χ0v) is 29.0. The Balaban J connectivity index is 1.06. The number of aromatic nitrogens is 1. The highest BCUT2D eigenvalue weighted by molar-refractivity contribution is 7.19. The van der Waals surface area contributed by atoms with E-state index in [9.17, 15) is 0 Å². The number of hydrogen-bond donors (Lipinski definition) is 0. The Labute approximate surface area is 305 Å². The molecule has 0 amide bonds. The lowest BCUT2D eigenvalue weighted by molar-refractivity contribution is 0.673. The van der Waals surface area contributed by atoms with E-state index in [1.54, 1.807) is 11.3 Å². The maximum atomic E-state index is 6.55. The molecule has 0 saturated heterocycles. The van der Waals surface area contributed by atoms with Crippen molar-refractivity contribution in [3.8, 4) is 38.4 Å². The quantitative estimate of drug-likeness (QED) is 0.167. The first-order valence-corrected chi connectivity index (χ1v) is 18.3. The monoisotopic (exact) mass is 684 g/mol. The van der Waals surface area contributed by atoms with Crippen molar-refractivity contribution in [2.75, 3.05) is 4.90 Å². The van der Waals surface area contributed by atoms with E-state index in [2.05, 4.69) is 198 Å². The van der Waals surface area contributed by atoms with Gasteiger partial charge in [0.2, 0.25) is 0 Å². The van der Waals surface area contributed by atoms with Gasteiger partial charge in [0.1, 0.15) is 16.1 Å². The lowest BCUT2D eigenvalue weighted by Crippen LogP contribution is -2.08. The first kappa shape index (κ1) is 30.2. The standard InChI is InChI=1S/C48H32N2OS/c1-4-12-33(13-5-1)34-20-25-39(26-21-34)49(46-31-30-45(52-46)36-14-6-2-7-15-36)40-27-22-35(23-28-40)37-24-29-43-42(32-37)48-47(41-18-10-11-19-44(41)51-48)50(43)38-16-8-3-9-17-38/h1-32H. The molecule has 0 fully saturated rings.